The average molecular weight is 324 g/mol. The molecule has 0 spiro atoms. The summed E-state index contributed by atoms with van der Waals surface area (Å²) in [6.07, 6.45) is 1.62. The van der Waals surface area contributed by atoms with E-state index in [2.05, 4.69) is 10.1 Å². The van der Waals surface area contributed by atoms with Gasteiger partial charge in [0.05, 0.1) is 17.1 Å². The Labute approximate surface area is 138 Å². The molecule has 1 N–H and O–H groups in total. The lowest BCUT2D eigenvalue weighted by Gasteiger charge is -2.11. The van der Waals surface area contributed by atoms with Crippen molar-refractivity contribution in [3.8, 4) is 0 Å². The largest absolute Gasteiger partial charge is 0.378 e. The minimum Gasteiger partial charge on any atom is -0.378 e. The Morgan fingerprint density at radius 3 is 2.52 bits per heavy atom. The van der Waals surface area contributed by atoms with Crippen LogP contribution in [0.5, 0.6) is 0 Å². The molecule has 0 radical (unpaired) electrons. The summed E-state index contributed by atoms with van der Waals surface area (Å²) < 4.78 is 1.48. The summed E-state index contributed by atoms with van der Waals surface area (Å²) in [6.45, 7) is 0. The van der Waals surface area contributed by atoms with Crippen molar-refractivity contribution >= 4 is 35.0 Å². The molecule has 0 saturated carbocycles. The summed E-state index contributed by atoms with van der Waals surface area (Å²) in [7, 11) is 3.97. The Morgan fingerprint density at radius 2 is 1.83 bits per heavy atom. The standard InChI is InChI=1S/C17H16N4OS/c1-20(2)13-9-7-12(8-10-13)11-18-21-16(22)14-5-3-4-6-15(14)19-17(21)23/h3-11H,1-2H3,(H,19,23)/b18-11+. The number of rotatable bonds is 3. The highest BCUT2D eigenvalue weighted by Gasteiger charge is 2.03. The van der Waals surface area contributed by atoms with Crippen LogP contribution in [0.2, 0.25) is 0 Å². The van der Waals surface area contributed by atoms with Gasteiger partial charge in [0.1, 0.15) is 0 Å². The van der Waals surface area contributed by atoms with E-state index in [1.165, 1.54) is 4.68 Å². The van der Waals surface area contributed by atoms with Crippen molar-refractivity contribution in [2.45, 2.75) is 0 Å². The van der Waals surface area contributed by atoms with Gasteiger partial charge < -0.3 is 9.88 Å². The van der Waals surface area contributed by atoms with Gasteiger partial charge in [-0.2, -0.15) is 9.78 Å². The number of hydrogen-bond acceptors (Lipinski definition) is 4. The van der Waals surface area contributed by atoms with Crippen LogP contribution >= 0.6 is 12.2 Å². The fourth-order valence-corrected chi connectivity index (χ4v) is 2.48. The second-order valence-corrected chi connectivity index (χ2v) is 5.71. The zero-order valence-corrected chi connectivity index (χ0v) is 13.7. The number of hydrogen-bond donors (Lipinski definition) is 1. The summed E-state index contributed by atoms with van der Waals surface area (Å²) >= 11 is 5.22. The number of para-hydroxylation sites is 1. The minimum atomic E-state index is -0.231. The second kappa shape index (κ2) is 6.18. The minimum absolute atomic E-state index is 0.231. The number of nitrogens with one attached hydrogen (secondary N) is 1. The number of nitrogens with zero attached hydrogens (tertiary/aromatic N) is 3. The predicted molar refractivity (Wildman–Crippen MR) is 97.2 cm³/mol. The maximum absolute atomic E-state index is 12.5. The van der Waals surface area contributed by atoms with E-state index in [1.807, 2.05) is 61.5 Å². The predicted octanol–water partition coefficient (Wildman–Crippen LogP) is 3.01. The molecule has 1 heterocycles. The summed E-state index contributed by atoms with van der Waals surface area (Å²) in [5.41, 5.74) is 2.47. The van der Waals surface area contributed by atoms with Gasteiger partial charge in [0.15, 0.2) is 0 Å². The number of benzene rings is 2. The van der Waals surface area contributed by atoms with E-state index in [9.17, 15) is 4.79 Å². The van der Waals surface area contributed by atoms with E-state index in [0.717, 1.165) is 11.3 Å². The number of fused-ring (bicyclic) bond motifs is 1. The van der Waals surface area contributed by atoms with E-state index >= 15 is 0 Å². The van der Waals surface area contributed by atoms with E-state index < -0.39 is 0 Å². The van der Waals surface area contributed by atoms with Crippen molar-refractivity contribution in [3.05, 3.63) is 69.2 Å². The van der Waals surface area contributed by atoms with Gasteiger partial charge in [0, 0.05) is 19.8 Å². The smallest absolute Gasteiger partial charge is 0.282 e. The number of anilines is 1. The van der Waals surface area contributed by atoms with Gasteiger partial charge in [0.2, 0.25) is 4.77 Å². The first-order valence-corrected chi connectivity index (χ1v) is 7.53. The van der Waals surface area contributed by atoms with E-state index in [4.69, 9.17) is 12.2 Å². The molecule has 3 rings (SSSR count). The summed E-state index contributed by atoms with van der Waals surface area (Å²) in [5.74, 6) is 0. The first-order valence-electron chi connectivity index (χ1n) is 7.12. The van der Waals surface area contributed by atoms with Gasteiger partial charge in [0.25, 0.3) is 5.56 Å². The molecule has 0 fully saturated rings. The van der Waals surface area contributed by atoms with E-state index in [0.29, 0.717) is 10.9 Å². The Kier molecular flexibility index (Phi) is 4.08. The van der Waals surface area contributed by atoms with Gasteiger partial charge in [-0.15, -0.1) is 0 Å². The van der Waals surface area contributed by atoms with Crippen LogP contribution in [0, 0.1) is 4.77 Å². The van der Waals surface area contributed by atoms with Crippen LogP contribution in [0.25, 0.3) is 10.9 Å². The highest BCUT2D eigenvalue weighted by atomic mass is 32.1. The molecule has 0 atom stereocenters. The second-order valence-electron chi connectivity index (χ2n) is 5.32. The fraction of sp³-hybridized carbons (Fsp3) is 0.118. The Bertz CT molecular complexity index is 984. The van der Waals surface area contributed by atoms with Gasteiger partial charge in [-0.1, -0.05) is 24.3 Å². The molecular weight excluding hydrogens is 308 g/mol. The Hall–Kier alpha value is -2.73. The third-order valence-electron chi connectivity index (χ3n) is 3.52. The number of aromatic amines is 1. The summed E-state index contributed by atoms with van der Waals surface area (Å²) in [5, 5.41) is 4.79. The molecule has 0 bridgehead atoms. The molecule has 0 amide bonds. The van der Waals surface area contributed by atoms with Crippen LogP contribution < -0.4 is 10.5 Å². The topological polar surface area (TPSA) is 53.4 Å². The zero-order valence-electron chi connectivity index (χ0n) is 12.9. The molecule has 2 aromatic carbocycles. The fourth-order valence-electron chi connectivity index (χ4n) is 2.24. The molecule has 5 nitrogen and oxygen atoms in total. The molecule has 3 aromatic rings. The van der Waals surface area contributed by atoms with Crippen molar-refractivity contribution in [2.24, 2.45) is 5.10 Å². The normalized spacial score (nSPS) is 11.2. The quantitative estimate of drug-likeness (QED) is 0.595. The van der Waals surface area contributed by atoms with Crippen molar-refractivity contribution in [1.82, 2.24) is 9.66 Å². The van der Waals surface area contributed by atoms with Crippen molar-refractivity contribution in [2.75, 3.05) is 19.0 Å². The van der Waals surface area contributed by atoms with E-state index in [1.54, 1.807) is 12.3 Å². The third-order valence-corrected chi connectivity index (χ3v) is 3.79. The van der Waals surface area contributed by atoms with Gasteiger partial charge in [-0.05, 0) is 42.0 Å². The Morgan fingerprint density at radius 1 is 1.13 bits per heavy atom. The van der Waals surface area contributed by atoms with Gasteiger partial charge in [-0.3, -0.25) is 4.79 Å². The van der Waals surface area contributed by atoms with E-state index in [-0.39, 0.29) is 10.3 Å². The highest BCUT2D eigenvalue weighted by Crippen LogP contribution is 2.11. The van der Waals surface area contributed by atoms with Gasteiger partial charge in [-0.25, -0.2) is 0 Å². The van der Waals surface area contributed by atoms with Crippen LogP contribution in [0.4, 0.5) is 5.69 Å². The molecule has 116 valence electrons. The van der Waals surface area contributed by atoms with Crippen LogP contribution in [0.15, 0.2) is 58.4 Å². The number of H-pyrrole nitrogens is 1. The lowest BCUT2D eigenvalue weighted by atomic mass is 10.2. The maximum Gasteiger partial charge on any atom is 0.282 e. The molecule has 1 aromatic heterocycles. The molecular formula is C17H16N4OS. The average Bonchev–Trinajstić information content (AvgIpc) is 2.55. The van der Waals surface area contributed by atoms with Crippen molar-refractivity contribution in [1.29, 1.82) is 0 Å². The lowest BCUT2D eigenvalue weighted by Crippen LogP contribution is -2.18. The first kappa shape index (κ1) is 15.2. The van der Waals surface area contributed by atoms with Crippen molar-refractivity contribution in [3.63, 3.8) is 0 Å². The maximum atomic E-state index is 12.5. The number of aromatic nitrogens is 2. The molecule has 6 heteroatoms. The SMILES string of the molecule is CN(C)c1ccc(/C=N/n2c(=S)[nH]c3ccccc3c2=O)cc1. The van der Waals surface area contributed by atoms with Gasteiger partial charge >= 0.3 is 0 Å². The molecule has 0 saturated heterocycles. The molecule has 0 aliphatic rings. The summed E-state index contributed by atoms with van der Waals surface area (Å²) in [6, 6.07) is 15.1. The molecule has 0 unspecified atom stereocenters. The highest BCUT2D eigenvalue weighted by molar-refractivity contribution is 7.71. The van der Waals surface area contributed by atoms with Crippen molar-refractivity contribution < 1.29 is 0 Å². The summed E-state index contributed by atoms with van der Waals surface area (Å²) in [4.78, 5) is 17.5. The molecule has 0 aliphatic heterocycles. The first-order chi connectivity index (χ1) is 11.1. The van der Waals surface area contributed by atoms with Crippen LogP contribution in [-0.2, 0) is 0 Å². The van der Waals surface area contributed by atoms with Crippen LogP contribution in [0.3, 0.4) is 0 Å². The third kappa shape index (κ3) is 3.07. The lowest BCUT2D eigenvalue weighted by molar-refractivity contribution is 0.800. The Balaban J connectivity index is 2.01. The van der Waals surface area contributed by atoms with Crippen LogP contribution in [0.1, 0.15) is 5.56 Å². The molecule has 0 aliphatic carbocycles. The monoisotopic (exact) mass is 324 g/mol. The molecule has 23 heavy (non-hydrogen) atoms. The van der Waals surface area contributed by atoms with Crippen LogP contribution in [-0.4, -0.2) is 30.0 Å². The zero-order chi connectivity index (χ0) is 16.4.